The highest BCUT2D eigenvalue weighted by Crippen LogP contribution is 2.29. The van der Waals surface area contributed by atoms with E-state index in [1.54, 1.807) is 6.07 Å². The topological polar surface area (TPSA) is 32.3 Å². The van der Waals surface area contributed by atoms with Crippen LogP contribution in [0, 0.1) is 6.92 Å². The zero-order chi connectivity index (χ0) is 13.8. The number of aromatic hydroxyl groups is 1. The van der Waals surface area contributed by atoms with E-state index in [0.29, 0.717) is 5.75 Å². The van der Waals surface area contributed by atoms with Crippen LogP contribution in [-0.2, 0) is 6.42 Å². The van der Waals surface area contributed by atoms with E-state index >= 15 is 0 Å². The maximum atomic E-state index is 9.97. The predicted octanol–water partition coefficient (Wildman–Crippen LogP) is 4.44. The third kappa shape index (κ3) is 3.08. The molecule has 0 radical (unpaired) electrons. The number of hydrogen-bond donors (Lipinski definition) is 2. The molecule has 0 amide bonds. The Morgan fingerprint density at radius 1 is 1.16 bits per heavy atom. The summed E-state index contributed by atoms with van der Waals surface area (Å²) in [6.45, 7) is 6.26. The van der Waals surface area contributed by atoms with Crippen molar-refractivity contribution in [1.29, 1.82) is 0 Å². The second-order valence-electron chi connectivity index (χ2n) is 4.94. The molecule has 0 fully saturated rings. The van der Waals surface area contributed by atoms with E-state index in [9.17, 15) is 5.11 Å². The molecule has 1 atom stereocenters. The Morgan fingerprint density at radius 3 is 2.63 bits per heavy atom. The Morgan fingerprint density at radius 2 is 1.89 bits per heavy atom. The van der Waals surface area contributed by atoms with E-state index in [0.717, 1.165) is 23.2 Å². The first-order valence-electron chi connectivity index (χ1n) is 6.75. The number of hydrogen-bond acceptors (Lipinski definition) is 2. The highest BCUT2D eigenvalue weighted by atomic mass is 16.3. The molecule has 2 nitrogen and oxygen atoms in total. The van der Waals surface area contributed by atoms with Gasteiger partial charge in [-0.25, -0.2) is 0 Å². The molecule has 0 aliphatic carbocycles. The molecule has 2 heteroatoms. The molecule has 100 valence electrons. The summed E-state index contributed by atoms with van der Waals surface area (Å²) >= 11 is 0. The minimum Gasteiger partial charge on any atom is -0.508 e. The van der Waals surface area contributed by atoms with E-state index < -0.39 is 0 Å². The van der Waals surface area contributed by atoms with Crippen molar-refractivity contribution in [2.75, 3.05) is 5.32 Å². The van der Waals surface area contributed by atoms with E-state index in [4.69, 9.17) is 0 Å². The minimum atomic E-state index is 0.0765. The summed E-state index contributed by atoms with van der Waals surface area (Å²) < 4.78 is 0. The molecule has 1 unspecified atom stereocenters. The minimum absolute atomic E-state index is 0.0765. The molecular weight excluding hydrogens is 234 g/mol. The van der Waals surface area contributed by atoms with Gasteiger partial charge in [0, 0.05) is 11.3 Å². The zero-order valence-corrected chi connectivity index (χ0v) is 11.8. The summed E-state index contributed by atoms with van der Waals surface area (Å²) in [4.78, 5) is 0. The fourth-order valence-electron chi connectivity index (χ4n) is 2.30. The van der Waals surface area contributed by atoms with Gasteiger partial charge in [-0.1, -0.05) is 42.8 Å². The van der Waals surface area contributed by atoms with Gasteiger partial charge in [-0.2, -0.15) is 0 Å². The van der Waals surface area contributed by atoms with Crippen LogP contribution in [0.5, 0.6) is 5.75 Å². The number of anilines is 1. The molecule has 2 aromatic rings. The van der Waals surface area contributed by atoms with Crippen LogP contribution < -0.4 is 5.32 Å². The summed E-state index contributed by atoms with van der Waals surface area (Å²) in [5.74, 6) is 0.347. The second-order valence-corrected chi connectivity index (χ2v) is 4.94. The van der Waals surface area contributed by atoms with Crippen LogP contribution in [-0.4, -0.2) is 5.11 Å². The standard InChI is InChI=1S/C17H21NO/c1-4-14-7-5-6-8-16(14)18-13(3)15-11-12(2)9-10-17(15)19/h5-11,13,18-19H,4H2,1-3H3. The molecule has 2 N–H and O–H groups in total. The fraction of sp³-hybridized carbons (Fsp3) is 0.294. The molecule has 0 spiro atoms. The molecule has 19 heavy (non-hydrogen) atoms. The number of para-hydroxylation sites is 1. The molecule has 0 saturated carbocycles. The lowest BCUT2D eigenvalue weighted by molar-refractivity contribution is 0.465. The first-order chi connectivity index (χ1) is 9.11. The zero-order valence-electron chi connectivity index (χ0n) is 11.8. The Kier molecular flexibility index (Phi) is 4.10. The van der Waals surface area contributed by atoms with Crippen molar-refractivity contribution in [2.45, 2.75) is 33.2 Å². The van der Waals surface area contributed by atoms with Crippen LogP contribution >= 0.6 is 0 Å². The van der Waals surface area contributed by atoms with Crippen molar-refractivity contribution in [3.05, 3.63) is 59.2 Å². The Bertz CT molecular complexity index is 563. The SMILES string of the molecule is CCc1ccccc1NC(C)c1cc(C)ccc1O. The summed E-state index contributed by atoms with van der Waals surface area (Å²) in [5.41, 5.74) is 4.52. The highest BCUT2D eigenvalue weighted by molar-refractivity contribution is 5.53. The molecule has 0 heterocycles. The molecular formula is C17H21NO. The van der Waals surface area contributed by atoms with Crippen molar-refractivity contribution in [3.63, 3.8) is 0 Å². The summed E-state index contributed by atoms with van der Waals surface area (Å²) in [6, 6.07) is 14.1. The van der Waals surface area contributed by atoms with Crippen LogP contribution in [0.2, 0.25) is 0 Å². The monoisotopic (exact) mass is 255 g/mol. The summed E-state index contributed by atoms with van der Waals surface area (Å²) in [5, 5.41) is 13.5. The van der Waals surface area contributed by atoms with Gasteiger partial charge < -0.3 is 10.4 Å². The number of benzene rings is 2. The molecule has 0 bridgehead atoms. The summed E-state index contributed by atoms with van der Waals surface area (Å²) in [7, 11) is 0. The molecule has 0 saturated heterocycles. The highest BCUT2D eigenvalue weighted by Gasteiger charge is 2.11. The van der Waals surface area contributed by atoms with E-state index in [-0.39, 0.29) is 6.04 Å². The van der Waals surface area contributed by atoms with Gasteiger partial charge in [0.25, 0.3) is 0 Å². The quantitative estimate of drug-likeness (QED) is 0.846. The van der Waals surface area contributed by atoms with Crippen molar-refractivity contribution in [1.82, 2.24) is 0 Å². The Hall–Kier alpha value is -1.96. The van der Waals surface area contributed by atoms with Gasteiger partial charge >= 0.3 is 0 Å². The van der Waals surface area contributed by atoms with Crippen molar-refractivity contribution in [3.8, 4) is 5.75 Å². The first-order valence-corrected chi connectivity index (χ1v) is 6.75. The number of nitrogens with one attached hydrogen (secondary N) is 1. The van der Waals surface area contributed by atoms with Gasteiger partial charge in [-0.15, -0.1) is 0 Å². The van der Waals surface area contributed by atoms with Crippen LogP contribution in [0.1, 0.15) is 36.6 Å². The lowest BCUT2D eigenvalue weighted by atomic mass is 10.0. The predicted molar refractivity (Wildman–Crippen MR) is 80.7 cm³/mol. The van der Waals surface area contributed by atoms with Crippen molar-refractivity contribution < 1.29 is 5.11 Å². The number of phenolic OH excluding ortho intramolecular Hbond substituents is 1. The lowest BCUT2D eigenvalue weighted by Crippen LogP contribution is -2.08. The second kappa shape index (κ2) is 5.79. The third-order valence-electron chi connectivity index (χ3n) is 3.42. The molecule has 0 aliphatic rings. The van der Waals surface area contributed by atoms with Gasteiger partial charge in [0.05, 0.1) is 6.04 Å². The largest absolute Gasteiger partial charge is 0.508 e. The Labute approximate surface area is 115 Å². The maximum Gasteiger partial charge on any atom is 0.120 e. The third-order valence-corrected chi connectivity index (χ3v) is 3.42. The van der Waals surface area contributed by atoms with E-state index in [1.165, 1.54) is 5.56 Å². The van der Waals surface area contributed by atoms with Crippen molar-refractivity contribution in [2.24, 2.45) is 0 Å². The molecule has 0 aromatic heterocycles. The van der Waals surface area contributed by atoms with E-state index in [1.807, 2.05) is 25.1 Å². The average molecular weight is 255 g/mol. The van der Waals surface area contributed by atoms with Crippen molar-refractivity contribution >= 4 is 5.69 Å². The molecule has 2 aromatic carbocycles. The maximum absolute atomic E-state index is 9.97. The molecule has 0 aliphatic heterocycles. The van der Waals surface area contributed by atoms with Gasteiger partial charge in [-0.3, -0.25) is 0 Å². The van der Waals surface area contributed by atoms with Gasteiger partial charge in [0.2, 0.25) is 0 Å². The van der Waals surface area contributed by atoms with Gasteiger partial charge in [0.15, 0.2) is 0 Å². The van der Waals surface area contributed by atoms with Crippen LogP contribution in [0.25, 0.3) is 0 Å². The fourth-order valence-corrected chi connectivity index (χ4v) is 2.30. The molecule has 2 rings (SSSR count). The van der Waals surface area contributed by atoms with Crippen LogP contribution in [0.15, 0.2) is 42.5 Å². The van der Waals surface area contributed by atoms with Gasteiger partial charge in [-0.05, 0) is 38.0 Å². The average Bonchev–Trinajstić information content (AvgIpc) is 2.42. The lowest BCUT2D eigenvalue weighted by Gasteiger charge is -2.19. The summed E-state index contributed by atoms with van der Waals surface area (Å²) in [6.07, 6.45) is 0.996. The van der Waals surface area contributed by atoms with Gasteiger partial charge in [0.1, 0.15) is 5.75 Å². The van der Waals surface area contributed by atoms with Crippen LogP contribution in [0.3, 0.4) is 0 Å². The smallest absolute Gasteiger partial charge is 0.120 e. The number of rotatable bonds is 4. The van der Waals surface area contributed by atoms with E-state index in [2.05, 4.69) is 37.4 Å². The normalized spacial score (nSPS) is 12.2. The van der Waals surface area contributed by atoms with Crippen LogP contribution in [0.4, 0.5) is 5.69 Å². The first kappa shape index (κ1) is 13.5. The number of aryl methyl sites for hydroxylation is 2. The Balaban J connectivity index is 2.25. The number of phenols is 1.